The molecule has 14 heteroatoms. The van der Waals surface area contributed by atoms with Crippen LogP contribution in [-0.4, -0.2) is 85.0 Å². The van der Waals surface area contributed by atoms with E-state index in [1.165, 1.54) is 25.7 Å². The normalized spacial score (nSPS) is 15.0. The van der Waals surface area contributed by atoms with E-state index >= 15 is 0 Å². The zero-order valence-corrected chi connectivity index (χ0v) is 25.6. The number of hydrogen-bond acceptors (Lipinski definition) is 7. The van der Waals surface area contributed by atoms with Crippen molar-refractivity contribution in [2.24, 2.45) is 0 Å². The molecule has 1 heterocycles. The number of anilines is 1. The Hall–Kier alpha value is -4.33. The molecule has 2 aromatic rings. The van der Waals surface area contributed by atoms with E-state index in [9.17, 15) is 32.7 Å². The molecule has 1 atom stereocenters. The van der Waals surface area contributed by atoms with E-state index in [0.717, 1.165) is 29.7 Å². The summed E-state index contributed by atoms with van der Waals surface area (Å²) in [7, 11) is 2.24. The third-order valence-corrected chi connectivity index (χ3v) is 7.05. The number of aliphatic carboxylic acids is 1. The summed E-state index contributed by atoms with van der Waals surface area (Å²) < 4.78 is 37.7. The lowest BCUT2D eigenvalue weighted by molar-refractivity contribution is -0.907. The standard InChI is InChI=1S/C29H40N4O5.C2HF3O2/c1-21(2)38-28(36)23-10-12-24(13-11-23)31-29(37)32-26(20-22-8-14-25(34)15-9-22)27(35)30-16-19-33(3)17-6-4-5-7-18-33;3-2(4,5)1(6)7/h8-15,21,26H,4-7,16-20H2,1-3H3,(H3-,30,31,32,34,35,36,37);(H,6,7)/t26-;/m0./s1. The third-order valence-electron chi connectivity index (χ3n) is 7.05. The molecule has 1 fully saturated rings. The van der Waals surface area contributed by atoms with Gasteiger partial charge in [-0.1, -0.05) is 12.1 Å². The van der Waals surface area contributed by atoms with E-state index < -0.39 is 30.2 Å². The number of quaternary nitrogens is 1. The minimum absolute atomic E-state index is 0.135. The van der Waals surface area contributed by atoms with Gasteiger partial charge in [0.15, 0.2) is 0 Å². The number of aromatic hydroxyl groups is 1. The molecule has 3 rings (SSSR count). The molecular weight excluding hydrogens is 597 g/mol. The molecule has 3 amide bonds. The molecule has 248 valence electrons. The maximum atomic E-state index is 13.2. The SMILES string of the molecule is CC(C)OC(=O)c1ccc(NC(=O)N[C@@H](Cc2ccc(O)cc2)C(=O)NCC[N+]2(C)CCCCCC2)cc1.O=C([O-])C(F)(F)F. The summed E-state index contributed by atoms with van der Waals surface area (Å²) in [5, 5.41) is 26.9. The fraction of sp³-hybridized carbons (Fsp3) is 0.484. The number of amides is 3. The molecule has 0 aromatic heterocycles. The quantitative estimate of drug-likeness (QED) is 0.230. The van der Waals surface area contributed by atoms with Crippen LogP contribution in [0.3, 0.4) is 0 Å². The fourth-order valence-electron chi connectivity index (χ4n) is 4.62. The Morgan fingerprint density at radius 2 is 1.51 bits per heavy atom. The molecule has 45 heavy (non-hydrogen) atoms. The number of carboxylic acids is 1. The average molecular weight is 639 g/mol. The van der Waals surface area contributed by atoms with Gasteiger partial charge >= 0.3 is 18.2 Å². The monoisotopic (exact) mass is 638 g/mol. The van der Waals surface area contributed by atoms with Crippen LogP contribution < -0.4 is 21.1 Å². The number of likely N-dealkylation sites (N-methyl/N-ethyl adjacent to an activating group) is 1. The highest BCUT2D eigenvalue weighted by Gasteiger charge is 2.29. The summed E-state index contributed by atoms with van der Waals surface area (Å²) in [6, 6.07) is 11.6. The molecule has 0 aliphatic carbocycles. The Morgan fingerprint density at radius 1 is 0.956 bits per heavy atom. The molecule has 4 N–H and O–H groups in total. The highest BCUT2D eigenvalue weighted by atomic mass is 19.4. The van der Waals surface area contributed by atoms with Gasteiger partial charge < -0.3 is 40.2 Å². The number of likely N-dealkylation sites (tertiary alicyclic amines) is 1. The zero-order chi connectivity index (χ0) is 33.6. The number of alkyl halides is 3. The van der Waals surface area contributed by atoms with Gasteiger partial charge in [0, 0.05) is 12.1 Å². The average Bonchev–Trinajstić information content (AvgIpc) is 3.18. The first-order valence-electron chi connectivity index (χ1n) is 14.6. The Kier molecular flexibility index (Phi) is 14.1. The van der Waals surface area contributed by atoms with Crippen molar-refractivity contribution in [3.63, 3.8) is 0 Å². The number of rotatable bonds is 10. The number of phenols is 1. The van der Waals surface area contributed by atoms with Crippen molar-refractivity contribution >= 4 is 29.6 Å². The lowest BCUT2D eigenvalue weighted by Crippen LogP contribution is -2.53. The van der Waals surface area contributed by atoms with Crippen LogP contribution in [0.15, 0.2) is 48.5 Å². The van der Waals surface area contributed by atoms with Crippen molar-refractivity contribution in [1.29, 1.82) is 0 Å². The second kappa shape index (κ2) is 17.2. The number of esters is 1. The van der Waals surface area contributed by atoms with Gasteiger partial charge in [0.2, 0.25) is 5.91 Å². The molecule has 2 aromatic carbocycles. The second-order valence-electron chi connectivity index (χ2n) is 11.3. The Balaban J connectivity index is 0.000000900. The summed E-state index contributed by atoms with van der Waals surface area (Å²) in [4.78, 5) is 46.8. The van der Waals surface area contributed by atoms with Crippen molar-refractivity contribution < 1.29 is 51.8 Å². The molecule has 1 aliphatic heterocycles. The first kappa shape index (κ1) is 36.9. The fourth-order valence-corrected chi connectivity index (χ4v) is 4.62. The smallest absolute Gasteiger partial charge is 0.430 e. The van der Waals surface area contributed by atoms with E-state index in [-0.39, 0.29) is 24.2 Å². The van der Waals surface area contributed by atoms with Crippen molar-refractivity contribution in [3.8, 4) is 5.75 Å². The maximum absolute atomic E-state index is 13.2. The number of nitrogens with one attached hydrogen (secondary N) is 3. The van der Waals surface area contributed by atoms with Crippen LogP contribution in [0.5, 0.6) is 5.75 Å². The number of carboxylic acid groups (broad SMARTS) is 1. The van der Waals surface area contributed by atoms with Gasteiger partial charge in [-0.15, -0.1) is 0 Å². The summed E-state index contributed by atoms with van der Waals surface area (Å²) in [6.45, 7) is 7.15. The van der Waals surface area contributed by atoms with Crippen molar-refractivity contribution in [2.75, 3.05) is 38.5 Å². The Bertz CT molecular complexity index is 1260. The molecule has 0 unspecified atom stereocenters. The number of nitrogens with zero attached hydrogens (tertiary/aromatic N) is 1. The van der Waals surface area contributed by atoms with Crippen LogP contribution in [0.1, 0.15) is 55.5 Å². The number of ether oxygens (including phenoxy) is 1. The van der Waals surface area contributed by atoms with Gasteiger partial charge in [-0.05, 0) is 81.5 Å². The van der Waals surface area contributed by atoms with Crippen LogP contribution in [0.4, 0.5) is 23.7 Å². The van der Waals surface area contributed by atoms with Crippen LogP contribution in [-0.2, 0) is 20.7 Å². The molecule has 0 bridgehead atoms. The highest BCUT2D eigenvalue weighted by molar-refractivity contribution is 5.95. The molecule has 0 saturated carbocycles. The van der Waals surface area contributed by atoms with Crippen molar-refractivity contribution in [1.82, 2.24) is 10.6 Å². The van der Waals surface area contributed by atoms with Crippen molar-refractivity contribution in [3.05, 3.63) is 59.7 Å². The minimum atomic E-state index is -5.19. The number of carbonyl (C=O) groups excluding carboxylic acids is 4. The summed E-state index contributed by atoms with van der Waals surface area (Å²) in [5.74, 6) is -3.57. The first-order valence-corrected chi connectivity index (χ1v) is 14.6. The highest BCUT2D eigenvalue weighted by Crippen LogP contribution is 2.16. The molecule has 0 radical (unpaired) electrons. The molecule has 11 nitrogen and oxygen atoms in total. The zero-order valence-electron chi connectivity index (χ0n) is 25.6. The molecule has 1 saturated heterocycles. The van der Waals surface area contributed by atoms with Gasteiger partial charge in [0.25, 0.3) is 0 Å². The summed E-state index contributed by atoms with van der Waals surface area (Å²) >= 11 is 0. The van der Waals surface area contributed by atoms with E-state index in [0.29, 0.717) is 17.8 Å². The van der Waals surface area contributed by atoms with Gasteiger partial charge in [-0.3, -0.25) is 4.79 Å². The topological polar surface area (TPSA) is 157 Å². The predicted molar refractivity (Wildman–Crippen MR) is 158 cm³/mol. The Labute approximate surface area is 260 Å². The van der Waals surface area contributed by atoms with Crippen LogP contribution in [0, 0.1) is 0 Å². The van der Waals surface area contributed by atoms with Crippen LogP contribution in [0.2, 0.25) is 0 Å². The van der Waals surface area contributed by atoms with Gasteiger partial charge in [0.1, 0.15) is 17.8 Å². The third kappa shape index (κ3) is 13.9. The molecule has 0 spiro atoms. The molecule has 1 aliphatic rings. The number of phenolic OH excluding ortho intramolecular Hbond substituents is 1. The maximum Gasteiger partial charge on any atom is 0.430 e. The lowest BCUT2D eigenvalue weighted by atomic mass is 10.1. The predicted octanol–water partition coefficient (Wildman–Crippen LogP) is 3.13. The van der Waals surface area contributed by atoms with Crippen molar-refractivity contribution in [2.45, 2.75) is 64.3 Å². The Morgan fingerprint density at radius 3 is 2.02 bits per heavy atom. The van der Waals surface area contributed by atoms with Crippen LogP contribution >= 0.6 is 0 Å². The lowest BCUT2D eigenvalue weighted by Gasteiger charge is -2.33. The van der Waals surface area contributed by atoms with Crippen LogP contribution in [0.25, 0.3) is 0 Å². The van der Waals surface area contributed by atoms with Gasteiger partial charge in [-0.2, -0.15) is 13.2 Å². The summed E-state index contributed by atoms with van der Waals surface area (Å²) in [5.41, 5.74) is 1.67. The van der Waals surface area contributed by atoms with E-state index in [4.69, 9.17) is 14.6 Å². The number of hydrogen-bond donors (Lipinski definition) is 4. The number of carbonyl (C=O) groups is 4. The summed E-state index contributed by atoms with van der Waals surface area (Å²) in [6.07, 6.45) is -0.217. The first-order chi connectivity index (χ1) is 21.1. The minimum Gasteiger partial charge on any atom is -0.542 e. The largest absolute Gasteiger partial charge is 0.542 e. The van der Waals surface area contributed by atoms with E-state index in [2.05, 4.69) is 23.0 Å². The van der Waals surface area contributed by atoms with E-state index in [1.807, 2.05) is 0 Å². The van der Waals surface area contributed by atoms with E-state index in [1.54, 1.807) is 62.4 Å². The number of halogens is 3. The molecular formula is C31H41F3N4O7. The second-order valence-corrected chi connectivity index (χ2v) is 11.3. The number of urea groups is 1. The van der Waals surface area contributed by atoms with Gasteiger partial charge in [-0.25, -0.2) is 9.59 Å². The number of benzene rings is 2. The van der Waals surface area contributed by atoms with Gasteiger partial charge in [0.05, 0.1) is 44.9 Å².